The van der Waals surface area contributed by atoms with E-state index in [4.69, 9.17) is 9.47 Å². The van der Waals surface area contributed by atoms with E-state index in [-0.39, 0.29) is 23.6 Å². The van der Waals surface area contributed by atoms with Crippen LogP contribution in [0, 0.1) is 18.6 Å². The quantitative estimate of drug-likeness (QED) is 0.175. The molecule has 1 amide bonds. The third kappa shape index (κ3) is 6.35. The van der Waals surface area contributed by atoms with E-state index in [1.54, 1.807) is 46.8 Å². The van der Waals surface area contributed by atoms with Crippen LogP contribution >= 0.6 is 0 Å². The number of aromatic nitrogens is 3. The van der Waals surface area contributed by atoms with Gasteiger partial charge in [-0.15, -0.1) is 0 Å². The van der Waals surface area contributed by atoms with Crippen molar-refractivity contribution < 1.29 is 27.8 Å². The maximum atomic E-state index is 15.5. The Bertz CT molecular complexity index is 2270. The molecule has 0 radical (unpaired) electrons. The molecule has 49 heavy (non-hydrogen) atoms. The van der Waals surface area contributed by atoms with E-state index in [2.05, 4.69) is 5.10 Å². The number of amides is 1. The van der Waals surface area contributed by atoms with Gasteiger partial charge in [0.05, 0.1) is 25.0 Å². The van der Waals surface area contributed by atoms with Gasteiger partial charge in [-0.3, -0.25) is 19.0 Å². The summed E-state index contributed by atoms with van der Waals surface area (Å²) in [5, 5.41) is 4.37. The highest BCUT2D eigenvalue weighted by Gasteiger charge is 2.21. The number of aryl methyl sites for hydroxylation is 1. The van der Waals surface area contributed by atoms with Crippen LogP contribution in [0.3, 0.4) is 0 Å². The summed E-state index contributed by atoms with van der Waals surface area (Å²) in [4.78, 5) is 41.6. The van der Waals surface area contributed by atoms with Gasteiger partial charge in [-0.25, -0.2) is 13.3 Å². The van der Waals surface area contributed by atoms with Crippen molar-refractivity contribution in [3.8, 4) is 28.3 Å². The lowest BCUT2D eigenvalue weighted by molar-refractivity contribution is 0.0303. The lowest BCUT2D eigenvalue weighted by atomic mass is 10.0. The van der Waals surface area contributed by atoms with Gasteiger partial charge in [0.25, 0.3) is 11.5 Å². The van der Waals surface area contributed by atoms with Gasteiger partial charge in [0.1, 0.15) is 11.3 Å². The van der Waals surface area contributed by atoms with Crippen molar-refractivity contribution in [1.29, 1.82) is 0 Å². The first-order valence-electron chi connectivity index (χ1n) is 15.7. The average Bonchev–Trinajstić information content (AvgIpc) is 3.56. The number of benzene rings is 3. The molecule has 7 rings (SSSR count). The van der Waals surface area contributed by atoms with E-state index in [0.29, 0.717) is 59.9 Å². The van der Waals surface area contributed by atoms with Gasteiger partial charge in [0.15, 0.2) is 23.1 Å². The summed E-state index contributed by atoms with van der Waals surface area (Å²) in [7, 11) is 0. The highest BCUT2D eigenvalue weighted by atomic mass is 19.1. The Kier molecular flexibility index (Phi) is 8.58. The first-order valence-corrected chi connectivity index (χ1v) is 15.7. The van der Waals surface area contributed by atoms with E-state index in [0.717, 1.165) is 11.1 Å². The topological polar surface area (TPSA) is 95.1 Å². The van der Waals surface area contributed by atoms with Crippen molar-refractivity contribution in [2.24, 2.45) is 0 Å². The van der Waals surface area contributed by atoms with E-state index in [1.807, 2.05) is 24.3 Å². The minimum absolute atomic E-state index is 0.0248. The minimum atomic E-state index is -0.694. The SMILES string of the molecule is Cc1ccn(-c2ccc(F)cc2)c(=O)c1C(=O)Cc1ccc(Oc2ccnn3ccc(-c4cccc(C(=O)N5CCOCC5)c4)c23)c(F)c1. The number of nitrogens with zero attached hydrogens (tertiary/aromatic N) is 4. The zero-order valence-corrected chi connectivity index (χ0v) is 26.4. The summed E-state index contributed by atoms with van der Waals surface area (Å²) < 4.78 is 43.3. The standard InChI is InChI=1S/C38H30F2N4O5/c1-24-12-15-43(29-8-6-28(39)7-9-29)38(47)35(24)32(45)22-25-5-10-33(31(40)21-25)49-34-11-14-41-44-16-13-30(36(34)44)26-3-2-4-27(23-26)37(46)42-17-19-48-20-18-42/h2-16,21,23H,17-20,22H2,1H3. The molecule has 1 aliphatic heterocycles. The molecule has 0 bridgehead atoms. The van der Waals surface area contributed by atoms with Crippen molar-refractivity contribution in [2.75, 3.05) is 26.3 Å². The second kappa shape index (κ2) is 13.3. The van der Waals surface area contributed by atoms with Gasteiger partial charge >= 0.3 is 0 Å². The monoisotopic (exact) mass is 660 g/mol. The van der Waals surface area contributed by atoms with Crippen LogP contribution in [0.15, 0.2) is 108 Å². The summed E-state index contributed by atoms with van der Waals surface area (Å²) in [5.74, 6) is -1.43. The molecule has 0 spiro atoms. The molecule has 246 valence electrons. The lowest BCUT2D eigenvalue weighted by Gasteiger charge is -2.27. The van der Waals surface area contributed by atoms with Crippen LogP contribution in [-0.2, 0) is 11.2 Å². The Labute approximate surface area is 279 Å². The van der Waals surface area contributed by atoms with Crippen LogP contribution in [0.1, 0.15) is 31.8 Å². The van der Waals surface area contributed by atoms with Gasteiger partial charge in [-0.05, 0) is 84.3 Å². The van der Waals surface area contributed by atoms with Crippen molar-refractivity contribution in [3.63, 3.8) is 0 Å². The summed E-state index contributed by atoms with van der Waals surface area (Å²) >= 11 is 0. The lowest BCUT2D eigenvalue weighted by Crippen LogP contribution is -2.40. The van der Waals surface area contributed by atoms with Gasteiger partial charge < -0.3 is 14.4 Å². The number of morpholine rings is 1. The largest absolute Gasteiger partial charge is 0.452 e. The molecule has 3 aromatic heterocycles. The number of hydrogen-bond donors (Lipinski definition) is 0. The van der Waals surface area contributed by atoms with Crippen LogP contribution < -0.4 is 10.3 Å². The highest BCUT2D eigenvalue weighted by Crippen LogP contribution is 2.35. The normalized spacial score (nSPS) is 13.1. The fourth-order valence-corrected chi connectivity index (χ4v) is 6.00. The number of halogens is 2. The fraction of sp³-hybridized carbons (Fsp3) is 0.158. The molecular weight excluding hydrogens is 630 g/mol. The predicted molar refractivity (Wildman–Crippen MR) is 179 cm³/mol. The third-order valence-electron chi connectivity index (χ3n) is 8.50. The maximum absolute atomic E-state index is 15.5. The summed E-state index contributed by atoms with van der Waals surface area (Å²) in [6.07, 6.45) is 4.61. The minimum Gasteiger partial charge on any atom is -0.452 e. The molecule has 6 aromatic rings. The van der Waals surface area contributed by atoms with Crippen LogP contribution in [0.25, 0.3) is 22.3 Å². The van der Waals surface area contributed by atoms with Crippen molar-refractivity contribution in [3.05, 3.63) is 148 Å². The van der Waals surface area contributed by atoms with Crippen LogP contribution in [0.4, 0.5) is 8.78 Å². The number of ketones is 1. The van der Waals surface area contributed by atoms with E-state index >= 15 is 4.39 Å². The Morgan fingerprint density at radius 3 is 2.47 bits per heavy atom. The molecule has 11 heteroatoms. The molecule has 1 saturated heterocycles. The number of pyridine rings is 1. The molecule has 3 aromatic carbocycles. The Balaban J connectivity index is 1.13. The van der Waals surface area contributed by atoms with Gasteiger partial charge in [0, 0.05) is 54.8 Å². The number of ether oxygens (including phenoxy) is 2. The maximum Gasteiger partial charge on any atom is 0.266 e. The van der Waals surface area contributed by atoms with Crippen LogP contribution in [0.2, 0.25) is 0 Å². The van der Waals surface area contributed by atoms with Crippen LogP contribution in [-0.4, -0.2) is 57.1 Å². The molecule has 1 aliphatic rings. The third-order valence-corrected chi connectivity index (χ3v) is 8.50. The number of carbonyl (C=O) groups is 2. The molecule has 0 aliphatic carbocycles. The summed E-state index contributed by atoms with van der Waals surface area (Å²) in [5.41, 5.74) is 3.32. The van der Waals surface area contributed by atoms with E-state index in [9.17, 15) is 18.8 Å². The number of fused-ring (bicyclic) bond motifs is 1. The first-order chi connectivity index (χ1) is 23.8. The average molecular weight is 661 g/mol. The van der Waals surface area contributed by atoms with Crippen molar-refractivity contribution in [2.45, 2.75) is 13.3 Å². The molecular formula is C38H30F2N4O5. The summed E-state index contributed by atoms with van der Waals surface area (Å²) in [6, 6.07) is 22.0. The van der Waals surface area contributed by atoms with Crippen LogP contribution in [0.5, 0.6) is 11.5 Å². The van der Waals surface area contributed by atoms with E-state index < -0.39 is 23.0 Å². The Hall–Kier alpha value is -5.94. The molecule has 0 saturated carbocycles. The highest BCUT2D eigenvalue weighted by molar-refractivity contribution is 5.98. The molecule has 0 N–H and O–H groups in total. The summed E-state index contributed by atoms with van der Waals surface area (Å²) in [6.45, 7) is 3.72. The Morgan fingerprint density at radius 1 is 0.898 bits per heavy atom. The predicted octanol–water partition coefficient (Wildman–Crippen LogP) is 6.43. The molecule has 4 heterocycles. The van der Waals surface area contributed by atoms with Crippen molar-refractivity contribution in [1.82, 2.24) is 19.1 Å². The smallest absolute Gasteiger partial charge is 0.266 e. The molecule has 1 fully saturated rings. The fourth-order valence-electron chi connectivity index (χ4n) is 6.00. The number of Topliss-reactive ketones (excluding diaryl/α,β-unsaturated/α-hetero) is 1. The zero-order chi connectivity index (χ0) is 34.1. The zero-order valence-electron chi connectivity index (χ0n) is 26.4. The molecule has 0 atom stereocenters. The second-order valence-electron chi connectivity index (χ2n) is 11.7. The van der Waals surface area contributed by atoms with Gasteiger partial charge in [-0.2, -0.15) is 5.10 Å². The molecule has 9 nitrogen and oxygen atoms in total. The van der Waals surface area contributed by atoms with Gasteiger partial charge in [0.2, 0.25) is 0 Å². The molecule has 0 unspecified atom stereocenters. The second-order valence-corrected chi connectivity index (χ2v) is 11.7. The number of hydrogen-bond acceptors (Lipinski definition) is 6. The number of carbonyl (C=O) groups excluding carboxylic acids is 2. The first kappa shape index (κ1) is 31.6. The van der Waals surface area contributed by atoms with Gasteiger partial charge in [-0.1, -0.05) is 18.2 Å². The van der Waals surface area contributed by atoms with E-state index in [1.165, 1.54) is 53.4 Å². The number of rotatable bonds is 8. The Morgan fingerprint density at radius 2 is 1.69 bits per heavy atom. The van der Waals surface area contributed by atoms with Crippen molar-refractivity contribution >= 4 is 17.2 Å².